The van der Waals surface area contributed by atoms with E-state index in [0.29, 0.717) is 29.4 Å². The predicted molar refractivity (Wildman–Crippen MR) is 93.1 cm³/mol. The minimum Gasteiger partial charge on any atom is -0.496 e. The van der Waals surface area contributed by atoms with Crippen molar-refractivity contribution in [3.05, 3.63) is 41.2 Å². The molecule has 0 amide bonds. The molecule has 0 aliphatic carbocycles. The molecule has 1 aliphatic rings. The van der Waals surface area contributed by atoms with Crippen LogP contribution in [0.15, 0.2) is 29.4 Å². The SMILES string of the molecule is COc1ccc(S(=O)(=O)N2CCOC(c3cnn(C)c3)C2)c(C)c1C. The summed E-state index contributed by atoms with van der Waals surface area (Å²) >= 11 is 0. The summed E-state index contributed by atoms with van der Waals surface area (Å²) in [5.74, 6) is 0.687. The maximum atomic E-state index is 13.2. The molecule has 1 aromatic heterocycles. The molecule has 1 aromatic carbocycles. The molecule has 1 saturated heterocycles. The van der Waals surface area contributed by atoms with Gasteiger partial charge in [0.05, 0.1) is 30.9 Å². The van der Waals surface area contributed by atoms with Crippen LogP contribution < -0.4 is 4.74 Å². The molecular formula is C17H23N3O4S. The molecule has 3 rings (SSSR count). The zero-order chi connectivity index (χ0) is 18.2. The fourth-order valence-electron chi connectivity index (χ4n) is 3.06. The number of morpholine rings is 1. The van der Waals surface area contributed by atoms with Crippen molar-refractivity contribution < 1.29 is 17.9 Å². The van der Waals surface area contributed by atoms with Crippen LogP contribution in [0.25, 0.3) is 0 Å². The first-order valence-corrected chi connectivity index (χ1v) is 9.53. The van der Waals surface area contributed by atoms with Gasteiger partial charge in [0.25, 0.3) is 0 Å². The summed E-state index contributed by atoms with van der Waals surface area (Å²) < 4.78 is 40.5. The van der Waals surface area contributed by atoms with Crippen LogP contribution in [-0.4, -0.2) is 49.3 Å². The number of ether oxygens (including phenoxy) is 2. The van der Waals surface area contributed by atoms with Gasteiger partial charge in [-0.3, -0.25) is 4.68 Å². The Hall–Kier alpha value is -1.90. The van der Waals surface area contributed by atoms with E-state index in [4.69, 9.17) is 9.47 Å². The van der Waals surface area contributed by atoms with Crippen LogP contribution >= 0.6 is 0 Å². The first-order valence-electron chi connectivity index (χ1n) is 8.09. The number of aromatic nitrogens is 2. The minimum absolute atomic E-state index is 0.276. The van der Waals surface area contributed by atoms with Crippen molar-refractivity contribution in [1.82, 2.24) is 14.1 Å². The monoisotopic (exact) mass is 365 g/mol. The van der Waals surface area contributed by atoms with E-state index in [1.165, 1.54) is 4.31 Å². The highest BCUT2D eigenvalue weighted by molar-refractivity contribution is 7.89. The van der Waals surface area contributed by atoms with Crippen molar-refractivity contribution in [3.8, 4) is 5.75 Å². The zero-order valence-electron chi connectivity index (χ0n) is 14.9. The van der Waals surface area contributed by atoms with Crippen molar-refractivity contribution >= 4 is 10.0 Å². The molecule has 2 heterocycles. The third-order valence-electron chi connectivity index (χ3n) is 4.65. The van der Waals surface area contributed by atoms with Crippen molar-refractivity contribution in [2.75, 3.05) is 26.8 Å². The quantitative estimate of drug-likeness (QED) is 0.826. The summed E-state index contributed by atoms with van der Waals surface area (Å²) in [4.78, 5) is 0.317. The Morgan fingerprint density at radius 1 is 1.28 bits per heavy atom. The number of benzene rings is 1. The van der Waals surface area contributed by atoms with Gasteiger partial charge in [0.2, 0.25) is 10.0 Å². The number of nitrogens with zero attached hydrogens (tertiary/aromatic N) is 3. The summed E-state index contributed by atoms with van der Waals surface area (Å²) in [5.41, 5.74) is 2.43. The van der Waals surface area contributed by atoms with Crippen LogP contribution in [0, 0.1) is 13.8 Å². The van der Waals surface area contributed by atoms with E-state index in [1.807, 2.05) is 27.1 Å². The summed E-state index contributed by atoms with van der Waals surface area (Å²) in [7, 11) is -0.200. The molecule has 0 radical (unpaired) electrons. The van der Waals surface area contributed by atoms with Gasteiger partial charge in [-0.05, 0) is 37.1 Å². The molecule has 1 atom stereocenters. The zero-order valence-corrected chi connectivity index (χ0v) is 15.7. The molecule has 7 nitrogen and oxygen atoms in total. The van der Waals surface area contributed by atoms with Gasteiger partial charge in [0.1, 0.15) is 5.75 Å². The lowest BCUT2D eigenvalue weighted by atomic mass is 10.1. The predicted octanol–water partition coefficient (Wildman–Crippen LogP) is 1.81. The lowest BCUT2D eigenvalue weighted by Crippen LogP contribution is -2.42. The van der Waals surface area contributed by atoms with E-state index in [-0.39, 0.29) is 12.6 Å². The average molecular weight is 365 g/mol. The number of hydrogen-bond donors (Lipinski definition) is 0. The molecule has 2 aromatic rings. The minimum atomic E-state index is -3.60. The van der Waals surface area contributed by atoms with Gasteiger partial charge in [-0.1, -0.05) is 0 Å². The average Bonchev–Trinajstić information content (AvgIpc) is 3.03. The topological polar surface area (TPSA) is 73.7 Å². The first kappa shape index (κ1) is 17.9. The van der Waals surface area contributed by atoms with E-state index in [1.54, 1.807) is 30.1 Å². The second-order valence-corrected chi connectivity index (χ2v) is 8.09. The second kappa shape index (κ2) is 6.78. The molecule has 0 bridgehead atoms. The van der Waals surface area contributed by atoms with Gasteiger partial charge >= 0.3 is 0 Å². The van der Waals surface area contributed by atoms with Gasteiger partial charge in [-0.25, -0.2) is 8.42 Å². The lowest BCUT2D eigenvalue weighted by Gasteiger charge is -2.32. The number of hydrogen-bond acceptors (Lipinski definition) is 5. The van der Waals surface area contributed by atoms with Crippen LogP contribution in [0.4, 0.5) is 0 Å². The van der Waals surface area contributed by atoms with E-state index >= 15 is 0 Å². The van der Waals surface area contributed by atoms with Crippen LogP contribution in [0.1, 0.15) is 22.8 Å². The van der Waals surface area contributed by atoms with Crippen molar-refractivity contribution in [2.45, 2.75) is 24.8 Å². The van der Waals surface area contributed by atoms with Gasteiger partial charge in [0, 0.05) is 31.9 Å². The van der Waals surface area contributed by atoms with Gasteiger partial charge < -0.3 is 9.47 Å². The normalized spacial score (nSPS) is 19.1. The molecular weight excluding hydrogens is 342 g/mol. The number of methoxy groups -OCH3 is 1. The third kappa shape index (κ3) is 3.29. The second-order valence-electron chi connectivity index (χ2n) is 6.19. The fraction of sp³-hybridized carbons (Fsp3) is 0.471. The van der Waals surface area contributed by atoms with Gasteiger partial charge in [0.15, 0.2) is 0 Å². The Morgan fingerprint density at radius 2 is 2.04 bits per heavy atom. The van der Waals surface area contributed by atoms with Gasteiger partial charge in [-0.2, -0.15) is 9.40 Å². The smallest absolute Gasteiger partial charge is 0.243 e. The van der Waals surface area contributed by atoms with Crippen molar-refractivity contribution in [1.29, 1.82) is 0 Å². The van der Waals surface area contributed by atoms with Crippen LogP contribution in [0.3, 0.4) is 0 Å². The number of rotatable bonds is 4. The largest absolute Gasteiger partial charge is 0.496 e. The molecule has 0 saturated carbocycles. The Labute approximate surface area is 148 Å². The number of sulfonamides is 1. The lowest BCUT2D eigenvalue weighted by molar-refractivity contribution is -0.00260. The maximum absolute atomic E-state index is 13.2. The molecule has 8 heteroatoms. The standard InChI is InChI=1S/C17H23N3O4S/c1-12-13(2)17(6-5-15(12)23-4)25(21,22)20-7-8-24-16(11-20)14-9-18-19(3)10-14/h5-6,9-10,16H,7-8,11H2,1-4H3. The van der Waals surface area contributed by atoms with Crippen molar-refractivity contribution in [3.63, 3.8) is 0 Å². The molecule has 1 unspecified atom stereocenters. The first-order chi connectivity index (χ1) is 11.8. The Kier molecular flexibility index (Phi) is 4.86. The summed E-state index contributed by atoms with van der Waals surface area (Å²) in [6, 6.07) is 3.32. The maximum Gasteiger partial charge on any atom is 0.243 e. The highest BCUT2D eigenvalue weighted by Crippen LogP contribution is 2.31. The molecule has 0 spiro atoms. The van der Waals surface area contributed by atoms with Gasteiger partial charge in [-0.15, -0.1) is 0 Å². The summed E-state index contributed by atoms with van der Waals surface area (Å²) in [5, 5.41) is 4.14. The van der Waals surface area contributed by atoms with Crippen LogP contribution in [-0.2, 0) is 21.8 Å². The molecule has 1 aliphatic heterocycles. The van der Waals surface area contributed by atoms with Crippen LogP contribution in [0.2, 0.25) is 0 Å². The molecule has 1 fully saturated rings. The number of aryl methyl sites for hydroxylation is 1. The summed E-state index contributed by atoms with van der Waals surface area (Å²) in [6.07, 6.45) is 3.25. The van der Waals surface area contributed by atoms with E-state index in [0.717, 1.165) is 11.1 Å². The Bertz CT molecular complexity index is 876. The van der Waals surface area contributed by atoms with Crippen LogP contribution in [0.5, 0.6) is 5.75 Å². The molecule has 136 valence electrons. The molecule has 0 N–H and O–H groups in total. The third-order valence-corrected chi connectivity index (χ3v) is 6.66. The highest BCUT2D eigenvalue weighted by Gasteiger charge is 2.33. The fourth-order valence-corrected chi connectivity index (χ4v) is 4.77. The Morgan fingerprint density at radius 3 is 2.68 bits per heavy atom. The summed E-state index contributed by atoms with van der Waals surface area (Å²) in [6.45, 7) is 4.64. The molecule has 25 heavy (non-hydrogen) atoms. The highest BCUT2D eigenvalue weighted by atomic mass is 32.2. The van der Waals surface area contributed by atoms with E-state index < -0.39 is 10.0 Å². The van der Waals surface area contributed by atoms with E-state index in [2.05, 4.69) is 5.10 Å². The van der Waals surface area contributed by atoms with Crippen molar-refractivity contribution in [2.24, 2.45) is 7.05 Å². The Balaban J connectivity index is 1.91. The van der Waals surface area contributed by atoms with E-state index in [9.17, 15) is 8.42 Å².